The van der Waals surface area contributed by atoms with Gasteiger partial charge in [0.1, 0.15) is 5.58 Å². The molecule has 0 fully saturated rings. The molecule has 1 atom stereocenters. The van der Waals surface area contributed by atoms with Crippen molar-refractivity contribution in [2.24, 2.45) is 0 Å². The van der Waals surface area contributed by atoms with Crippen molar-refractivity contribution in [1.29, 1.82) is 0 Å². The molecule has 0 unspecified atom stereocenters. The monoisotopic (exact) mass is 402 g/mol. The maximum atomic E-state index is 12.6. The van der Waals surface area contributed by atoms with Crippen LogP contribution in [0.15, 0.2) is 89.3 Å². The van der Waals surface area contributed by atoms with E-state index < -0.39 is 18.2 Å². The van der Waals surface area contributed by atoms with Crippen LogP contribution in [0.1, 0.15) is 11.7 Å². The first kappa shape index (κ1) is 19.3. The lowest BCUT2D eigenvalue weighted by Gasteiger charge is -2.15. The first-order chi connectivity index (χ1) is 14.7. The van der Waals surface area contributed by atoms with Crippen molar-refractivity contribution in [2.45, 2.75) is 6.10 Å². The summed E-state index contributed by atoms with van der Waals surface area (Å²) in [5, 5.41) is 0.791. The van der Waals surface area contributed by atoms with Crippen LogP contribution in [0.3, 0.4) is 0 Å². The van der Waals surface area contributed by atoms with Crippen LogP contribution < -0.4 is 4.74 Å². The van der Waals surface area contributed by atoms with Crippen molar-refractivity contribution in [3.63, 3.8) is 0 Å². The number of carbonyl (C=O) groups excluding carboxylic acids is 2. The van der Waals surface area contributed by atoms with Gasteiger partial charge < -0.3 is 18.6 Å². The fourth-order valence-electron chi connectivity index (χ4n) is 3.16. The summed E-state index contributed by atoms with van der Waals surface area (Å²) in [7, 11) is 1.22. The maximum Gasteiger partial charge on any atom is 0.517 e. The molecule has 0 saturated carbocycles. The zero-order valence-corrected chi connectivity index (χ0v) is 16.1. The summed E-state index contributed by atoms with van der Waals surface area (Å²) in [5.74, 6) is -0.727. The van der Waals surface area contributed by atoms with Gasteiger partial charge in [-0.15, -0.1) is 0 Å². The molecule has 0 amide bonds. The number of ether oxygens (including phenoxy) is 3. The number of esters is 1. The standard InChI is InChI=1S/C24H18O6/c1-27-22(25)21(17-12-6-3-7-13-17)29-24(26)30-23-20(16-10-4-2-5-11-16)18-14-8-9-15-19(18)28-23/h2-15,21H,1H3/t21-/m0/s1. The lowest BCUT2D eigenvalue weighted by atomic mass is 10.0. The molecule has 0 bridgehead atoms. The van der Waals surface area contributed by atoms with E-state index in [9.17, 15) is 9.59 Å². The van der Waals surface area contributed by atoms with Crippen LogP contribution in [0.4, 0.5) is 4.79 Å². The topological polar surface area (TPSA) is 75.0 Å². The Labute approximate surface area is 172 Å². The molecule has 0 saturated heterocycles. The summed E-state index contributed by atoms with van der Waals surface area (Å²) >= 11 is 0. The van der Waals surface area contributed by atoms with Gasteiger partial charge in [0.05, 0.1) is 12.7 Å². The van der Waals surface area contributed by atoms with E-state index in [1.54, 1.807) is 36.4 Å². The smallest absolute Gasteiger partial charge is 0.466 e. The molecule has 3 aromatic carbocycles. The number of methoxy groups -OCH3 is 1. The first-order valence-corrected chi connectivity index (χ1v) is 9.25. The molecule has 0 radical (unpaired) electrons. The number of fused-ring (bicyclic) bond motifs is 1. The van der Waals surface area contributed by atoms with Crippen LogP contribution in [-0.2, 0) is 14.3 Å². The highest BCUT2D eigenvalue weighted by Crippen LogP contribution is 2.40. The number of carbonyl (C=O) groups is 2. The third kappa shape index (κ3) is 3.89. The molecule has 4 aromatic rings. The number of benzene rings is 3. The van der Waals surface area contributed by atoms with Crippen LogP contribution in [0.2, 0.25) is 0 Å². The van der Waals surface area contributed by atoms with E-state index in [-0.39, 0.29) is 5.95 Å². The number of hydrogen-bond acceptors (Lipinski definition) is 6. The fraction of sp³-hybridized carbons (Fsp3) is 0.0833. The summed E-state index contributed by atoms with van der Waals surface area (Å²) in [5.41, 5.74) is 2.47. The highest BCUT2D eigenvalue weighted by Gasteiger charge is 2.28. The quantitative estimate of drug-likeness (QED) is 0.409. The van der Waals surface area contributed by atoms with Crippen LogP contribution in [0.5, 0.6) is 5.95 Å². The third-order valence-electron chi connectivity index (χ3n) is 4.53. The second-order valence-corrected chi connectivity index (χ2v) is 6.41. The van der Waals surface area contributed by atoms with Crippen LogP contribution in [-0.4, -0.2) is 19.2 Å². The Hall–Kier alpha value is -4.06. The van der Waals surface area contributed by atoms with Crippen molar-refractivity contribution in [3.8, 4) is 17.1 Å². The Morgan fingerprint density at radius 1 is 0.833 bits per heavy atom. The minimum Gasteiger partial charge on any atom is -0.466 e. The number of para-hydroxylation sites is 1. The van der Waals surface area contributed by atoms with Crippen molar-refractivity contribution < 1.29 is 28.2 Å². The van der Waals surface area contributed by atoms with E-state index in [1.165, 1.54) is 7.11 Å². The maximum absolute atomic E-state index is 12.6. The normalized spacial score (nSPS) is 11.6. The van der Waals surface area contributed by atoms with Gasteiger partial charge in [0, 0.05) is 10.9 Å². The number of furan rings is 1. The van der Waals surface area contributed by atoms with Crippen LogP contribution in [0, 0.1) is 0 Å². The van der Waals surface area contributed by atoms with Gasteiger partial charge >= 0.3 is 18.1 Å². The molecule has 1 aromatic heterocycles. The van der Waals surface area contributed by atoms with Crippen LogP contribution in [0.25, 0.3) is 22.1 Å². The van der Waals surface area contributed by atoms with Gasteiger partial charge in [0.15, 0.2) is 0 Å². The van der Waals surface area contributed by atoms with Crippen molar-refractivity contribution >= 4 is 23.1 Å². The molecule has 0 aliphatic heterocycles. The molecule has 0 N–H and O–H groups in total. The highest BCUT2D eigenvalue weighted by molar-refractivity contribution is 5.97. The summed E-state index contributed by atoms with van der Waals surface area (Å²) < 4.78 is 21.2. The van der Waals surface area contributed by atoms with Crippen LogP contribution >= 0.6 is 0 Å². The Morgan fingerprint density at radius 2 is 1.47 bits per heavy atom. The molecular formula is C24H18O6. The minimum absolute atomic E-state index is 0.0101. The van der Waals surface area contributed by atoms with Gasteiger partial charge in [-0.3, -0.25) is 0 Å². The van der Waals surface area contributed by atoms with Gasteiger partial charge in [-0.1, -0.05) is 78.9 Å². The van der Waals surface area contributed by atoms with E-state index in [0.717, 1.165) is 10.9 Å². The zero-order chi connectivity index (χ0) is 20.9. The molecule has 150 valence electrons. The largest absolute Gasteiger partial charge is 0.517 e. The van der Waals surface area contributed by atoms with E-state index in [4.69, 9.17) is 18.6 Å². The predicted molar refractivity (Wildman–Crippen MR) is 110 cm³/mol. The molecule has 6 heteroatoms. The van der Waals surface area contributed by atoms with Gasteiger partial charge in [0.2, 0.25) is 6.10 Å². The summed E-state index contributed by atoms with van der Waals surface area (Å²) in [4.78, 5) is 24.7. The van der Waals surface area contributed by atoms with Gasteiger partial charge in [0.25, 0.3) is 0 Å². The molecule has 0 spiro atoms. The van der Waals surface area contributed by atoms with E-state index in [1.807, 2.05) is 48.5 Å². The Morgan fingerprint density at radius 3 is 2.17 bits per heavy atom. The lowest BCUT2D eigenvalue weighted by Crippen LogP contribution is -2.23. The van der Waals surface area contributed by atoms with Crippen molar-refractivity contribution in [3.05, 3.63) is 90.5 Å². The summed E-state index contributed by atoms with van der Waals surface area (Å²) in [6.45, 7) is 0. The number of hydrogen-bond donors (Lipinski definition) is 0. The van der Waals surface area contributed by atoms with Crippen molar-refractivity contribution in [2.75, 3.05) is 7.11 Å². The predicted octanol–water partition coefficient (Wildman–Crippen LogP) is 5.53. The molecule has 0 aliphatic rings. The van der Waals surface area contributed by atoms with Gasteiger partial charge in [-0.25, -0.2) is 9.59 Å². The molecule has 6 nitrogen and oxygen atoms in total. The SMILES string of the molecule is COC(=O)[C@@H](OC(=O)Oc1oc2ccccc2c1-c1ccccc1)c1ccccc1. The Kier molecular flexibility index (Phi) is 5.48. The molecule has 4 rings (SSSR count). The van der Waals surface area contributed by atoms with E-state index >= 15 is 0 Å². The molecule has 30 heavy (non-hydrogen) atoms. The van der Waals surface area contributed by atoms with Gasteiger partial charge in [-0.05, 0) is 11.6 Å². The third-order valence-corrected chi connectivity index (χ3v) is 4.53. The fourth-order valence-corrected chi connectivity index (χ4v) is 3.16. The zero-order valence-electron chi connectivity index (χ0n) is 16.1. The molecular weight excluding hydrogens is 384 g/mol. The summed E-state index contributed by atoms with van der Waals surface area (Å²) in [6, 6.07) is 25.3. The lowest BCUT2D eigenvalue weighted by molar-refractivity contribution is -0.151. The van der Waals surface area contributed by atoms with E-state index in [0.29, 0.717) is 16.7 Å². The highest BCUT2D eigenvalue weighted by atomic mass is 16.8. The van der Waals surface area contributed by atoms with Gasteiger partial charge in [-0.2, -0.15) is 0 Å². The average Bonchev–Trinajstić information content (AvgIpc) is 3.15. The summed E-state index contributed by atoms with van der Waals surface area (Å²) in [6.07, 6.45) is -2.33. The molecule has 0 aliphatic carbocycles. The molecule has 1 heterocycles. The Bertz CT molecular complexity index is 1160. The second kappa shape index (κ2) is 8.53. The Balaban J connectivity index is 1.65. The minimum atomic E-state index is -1.26. The second-order valence-electron chi connectivity index (χ2n) is 6.41. The van der Waals surface area contributed by atoms with E-state index in [2.05, 4.69) is 0 Å². The average molecular weight is 402 g/mol. The van der Waals surface area contributed by atoms with Crippen molar-refractivity contribution in [1.82, 2.24) is 0 Å². The number of rotatable bonds is 5. The first-order valence-electron chi connectivity index (χ1n) is 9.25.